The summed E-state index contributed by atoms with van der Waals surface area (Å²) in [6.07, 6.45) is 1.57. The molecule has 6 heteroatoms. The lowest BCUT2D eigenvalue weighted by molar-refractivity contribution is 0.574. The van der Waals surface area contributed by atoms with E-state index in [4.69, 9.17) is 0 Å². The van der Waals surface area contributed by atoms with Crippen LogP contribution in [-0.2, 0) is 16.6 Å². The van der Waals surface area contributed by atoms with E-state index in [0.717, 1.165) is 29.5 Å². The lowest BCUT2D eigenvalue weighted by Gasteiger charge is -2.07. The van der Waals surface area contributed by atoms with Crippen LogP contribution >= 0.6 is 15.9 Å². The van der Waals surface area contributed by atoms with E-state index in [1.54, 1.807) is 0 Å². The first-order valence-corrected chi connectivity index (χ1v) is 8.90. The Labute approximate surface area is 124 Å². The second-order valence-electron chi connectivity index (χ2n) is 4.33. The first-order valence-electron chi connectivity index (χ1n) is 6.46. The highest BCUT2D eigenvalue weighted by atomic mass is 79.9. The molecule has 1 aromatic rings. The molecular formula is C13H21BrN2O2S. The molecule has 108 valence electrons. The van der Waals surface area contributed by atoms with Gasteiger partial charge in [-0.15, -0.1) is 0 Å². The van der Waals surface area contributed by atoms with Gasteiger partial charge in [-0.25, -0.2) is 13.1 Å². The van der Waals surface area contributed by atoms with E-state index >= 15 is 0 Å². The summed E-state index contributed by atoms with van der Waals surface area (Å²) in [6, 6.07) is 7.61. The van der Waals surface area contributed by atoms with E-state index in [-0.39, 0.29) is 5.75 Å². The Bertz CT molecular complexity index is 460. The molecule has 0 aliphatic carbocycles. The first-order chi connectivity index (χ1) is 9.03. The third kappa shape index (κ3) is 7.67. The van der Waals surface area contributed by atoms with E-state index in [0.29, 0.717) is 13.0 Å². The molecule has 0 aliphatic rings. The Balaban J connectivity index is 2.28. The van der Waals surface area contributed by atoms with Crippen molar-refractivity contribution in [3.63, 3.8) is 0 Å². The number of hydrogen-bond acceptors (Lipinski definition) is 3. The fourth-order valence-corrected chi connectivity index (χ4v) is 2.97. The van der Waals surface area contributed by atoms with Crippen LogP contribution in [0, 0.1) is 0 Å². The van der Waals surface area contributed by atoms with Gasteiger partial charge in [-0.05, 0) is 43.6 Å². The molecule has 0 heterocycles. The molecule has 0 aromatic heterocycles. The van der Waals surface area contributed by atoms with Crippen molar-refractivity contribution in [2.75, 3.05) is 18.8 Å². The largest absolute Gasteiger partial charge is 0.317 e. The molecule has 0 atom stereocenters. The first kappa shape index (κ1) is 16.6. The highest BCUT2D eigenvalue weighted by Crippen LogP contribution is 2.10. The van der Waals surface area contributed by atoms with Gasteiger partial charge in [-0.2, -0.15) is 0 Å². The van der Waals surface area contributed by atoms with Crippen LogP contribution in [0.3, 0.4) is 0 Å². The van der Waals surface area contributed by atoms with E-state index < -0.39 is 10.0 Å². The zero-order chi connectivity index (χ0) is 14.1. The van der Waals surface area contributed by atoms with Gasteiger partial charge < -0.3 is 5.32 Å². The molecule has 2 N–H and O–H groups in total. The maximum absolute atomic E-state index is 11.8. The van der Waals surface area contributed by atoms with E-state index in [2.05, 4.69) is 26.0 Å². The smallest absolute Gasteiger partial charge is 0.211 e. The van der Waals surface area contributed by atoms with Gasteiger partial charge in [-0.3, -0.25) is 0 Å². The van der Waals surface area contributed by atoms with Crippen molar-refractivity contribution in [2.24, 2.45) is 0 Å². The minimum absolute atomic E-state index is 0.189. The highest BCUT2D eigenvalue weighted by molar-refractivity contribution is 9.10. The predicted molar refractivity (Wildman–Crippen MR) is 82.5 cm³/mol. The van der Waals surface area contributed by atoms with Crippen molar-refractivity contribution in [3.8, 4) is 0 Å². The maximum atomic E-state index is 11.8. The Hall–Kier alpha value is -0.430. The van der Waals surface area contributed by atoms with Gasteiger partial charge in [0.1, 0.15) is 0 Å². The lowest BCUT2D eigenvalue weighted by atomic mass is 10.2. The minimum atomic E-state index is -3.17. The van der Waals surface area contributed by atoms with E-state index in [1.807, 2.05) is 31.2 Å². The van der Waals surface area contributed by atoms with Gasteiger partial charge in [0.05, 0.1) is 5.75 Å². The van der Waals surface area contributed by atoms with Gasteiger partial charge >= 0.3 is 0 Å². The molecule has 0 fully saturated rings. The fourth-order valence-electron chi connectivity index (χ4n) is 1.59. The van der Waals surface area contributed by atoms with E-state index in [1.165, 1.54) is 0 Å². The second-order valence-corrected chi connectivity index (χ2v) is 7.17. The SMILES string of the molecule is CCNCCCCS(=O)(=O)NCc1ccc(Br)cc1. The Morgan fingerprint density at radius 1 is 1.16 bits per heavy atom. The molecular weight excluding hydrogens is 328 g/mol. The molecule has 4 nitrogen and oxygen atoms in total. The number of sulfonamides is 1. The molecule has 19 heavy (non-hydrogen) atoms. The summed E-state index contributed by atoms with van der Waals surface area (Å²) in [6.45, 7) is 4.19. The molecule has 0 spiro atoms. The number of hydrogen-bond donors (Lipinski definition) is 2. The summed E-state index contributed by atoms with van der Waals surface area (Å²) in [7, 11) is -3.17. The zero-order valence-electron chi connectivity index (χ0n) is 11.2. The Morgan fingerprint density at radius 3 is 2.47 bits per heavy atom. The van der Waals surface area contributed by atoms with Crippen LogP contribution in [0.1, 0.15) is 25.3 Å². The summed E-state index contributed by atoms with van der Waals surface area (Å²) in [4.78, 5) is 0. The lowest BCUT2D eigenvalue weighted by Crippen LogP contribution is -2.26. The van der Waals surface area contributed by atoms with Crippen LogP contribution < -0.4 is 10.0 Å². The number of rotatable bonds is 9. The molecule has 1 aromatic carbocycles. The third-order valence-corrected chi connectivity index (χ3v) is 4.62. The quantitative estimate of drug-likeness (QED) is 0.673. The summed E-state index contributed by atoms with van der Waals surface area (Å²) in [5, 5.41) is 3.18. The monoisotopic (exact) mass is 348 g/mol. The standard InChI is InChI=1S/C13H21BrN2O2S/c1-2-15-9-3-4-10-19(17,18)16-11-12-5-7-13(14)8-6-12/h5-8,15-16H,2-4,9-11H2,1H3. The summed E-state index contributed by atoms with van der Waals surface area (Å²) in [5.41, 5.74) is 0.958. The number of halogens is 1. The summed E-state index contributed by atoms with van der Waals surface area (Å²) >= 11 is 3.35. The van der Waals surface area contributed by atoms with Crippen molar-refractivity contribution in [3.05, 3.63) is 34.3 Å². The van der Waals surface area contributed by atoms with Gasteiger partial charge in [0.15, 0.2) is 0 Å². The second kappa shape index (κ2) is 8.68. The third-order valence-electron chi connectivity index (χ3n) is 2.68. The molecule has 0 unspecified atom stereocenters. The van der Waals surface area contributed by atoms with Crippen molar-refractivity contribution >= 4 is 26.0 Å². The van der Waals surface area contributed by atoms with Crippen molar-refractivity contribution in [1.29, 1.82) is 0 Å². The Kier molecular flexibility index (Phi) is 7.60. The van der Waals surface area contributed by atoms with Gasteiger partial charge in [0.25, 0.3) is 0 Å². The molecule has 0 saturated heterocycles. The van der Waals surface area contributed by atoms with Crippen LogP contribution in [0.5, 0.6) is 0 Å². The Morgan fingerprint density at radius 2 is 1.84 bits per heavy atom. The maximum Gasteiger partial charge on any atom is 0.211 e. The van der Waals surface area contributed by atoms with Gasteiger partial charge in [0, 0.05) is 11.0 Å². The number of unbranched alkanes of at least 4 members (excludes halogenated alkanes) is 1. The van der Waals surface area contributed by atoms with Crippen LogP contribution in [0.4, 0.5) is 0 Å². The van der Waals surface area contributed by atoms with Crippen molar-refractivity contribution in [2.45, 2.75) is 26.3 Å². The van der Waals surface area contributed by atoms with Crippen LogP contribution in [0.15, 0.2) is 28.7 Å². The minimum Gasteiger partial charge on any atom is -0.317 e. The number of nitrogens with one attached hydrogen (secondary N) is 2. The van der Waals surface area contributed by atoms with Crippen LogP contribution in [0.2, 0.25) is 0 Å². The number of benzene rings is 1. The average Bonchev–Trinajstić information content (AvgIpc) is 2.38. The normalized spacial score (nSPS) is 11.7. The average molecular weight is 349 g/mol. The molecule has 0 saturated carbocycles. The van der Waals surface area contributed by atoms with E-state index in [9.17, 15) is 8.42 Å². The molecule has 0 bridgehead atoms. The van der Waals surface area contributed by atoms with Gasteiger partial charge in [0.2, 0.25) is 10.0 Å². The molecule has 0 amide bonds. The van der Waals surface area contributed by atoms with Crippen LogP contribution in [0.25, 0.3) is 0 Å². The zero-order valence-corrected chi connectivity index (χ0v) is 13.6. The van der Waals surface area contributed by atoms with Crippen LogP contribution in [-0.4, -0.2) is 27.3 Å². The highest BCUT2D eigenvalue weighted by Gasteiger charge is 2.09. The fraction of sp³-hybridized carbons (Fsp3) is 0.538. The molecule has 1 rings (SSSR count). The van der Waals surface area contributed by atoms with Gasteiger partial charge in [-0.1, -0.05) is 35.0 Å². The van der Waals surface area contributed by atoms with Crippen molar-refractivity contribution < 1.29 is 8.42 Å². The molecule has 0 aliphatic heterocycles. The topological polar surface area (TPSA) is 58.2 Å². The van der Waals surface area contributed by atoms with Crippen molar-refractivity contribution in [1.82, 2.24) is 10.0 Å². The summed E-state index contributed by atoms with van der Waals surface area (Å²) in [5.74, 6) is 0.189. The molecule has 0 radical (unpaired) electrons. The predicted octanol–water partition coefficient (Wildman–Crippen LogP) is 2.26. The summed E-state index contributed by atoms with van der Waals surface area (Å²) < 4.78 is 27.1.